The molecule has 94 valence electrons. The highest BCUT2D eigenvalue weighted by molar-refractivity contribution is 5.78. The molecule has 0 saturated heterocycles. The molecule has 17 heavy (non-hydrogen) atoms. The van der Waals surface area contributed by atoms with Crippen molar-refractivity contribution in [2.24, 2.45) is 5.73 Å². The van der Waals surface area contributed by atoms with Crippen LogP contribution >= 0.6 is 0 Å². The highest BCUT2D eigenvalue weighted by Crippen LogP contribution is 2.13. The van der Waals surface area contributed by atoms with Crippen molar-refractivity contribution in [3.63, 3.8) is 0 Å². The zero-order chi connectivity index (χ0) is 12.8. The molecule has 0 heterocycles. The Hall–Kier alpha value is -1.55. The number of carbonyl (C=O) groups is 1. The predicted molar refractivity (Wildman–Crippen MR) is 68.0 cm³/mol. The lowest BCUT2D eigenvalue weighted by molar-refractivity contribution is -0.129. The smallest absolute Gasteiger partial charge is 0.226 e. The van der Waals surface area contributed by atoms with E-state index in [1.165, 1.54) is 0 Å². The van der Waals surface area contributed by atoms with Gasteiger partial charge in [-0.25, -0.2) is 0 Å². The van der Waals surface area contributed by atoms with Crippen LogP contribution < -0.4 is 10.5 Å². The van der Waals surface area contributed by atoms with Crippen LogP contribution in [0.2, 0.25) is 0 Å². The fourth-order valence-corrected chi connectivity index (χ4v) is 1.63. The van der Waals surface area contributed by atoms with E-state index in [1.54, 1.807) is 19.1 Å². The van der Waals surface area contributed by atoms with Crippen LogP contribution in [0.25, 0.3) is 0 Å². The second kappa shape index (κ2) is 6.25. The van der Waals surface area contributed by atoms with Gasteiger partial charge in [-0.2, -0.15) is 0 Å². The summed E-state index contributed by atoms with van der Waals surface area (Å²) in [5, 5.41) is 0. The Kier molecular flexibility index (Phi) is 4.97. The molecule has 1 amide bonds. The first-order valence-electron chi connectivity index (χ1n) is 5.65. The third-order valence-corrected chi connectivity index (χ3v) is 2.48. The van der Waals surface area contributed by atoms with Crippen LogP contribution in [0.3, 0.4) is 0 Å². The third-order valence-electron chi connectivity index (χ3n) is 2.48. The van der Waals surface area contributed by atoms with E-state index < -0.39 is 0 Å². The first-order valence-corrected chi connectivity index (χ1v) is 5.65. The SMILES string of the molecule is COc1cccc(CC(=O)N(C)CC(C)N)c1. The number of rotatable bonds is 5. The summed E-state index contributed by atoms with van der Waals surface area (Å²) in [7, 11) is 3.38. The quantitative estimate of drug-likeness (QED) is 0.831. The van der Waals surface area contributed by atoms with E-state index in [1.807, 2.05) is 31.2 Å². The number of hydrogen-bond acceptors (Lipinski definition) is 3. The highest BCUT2D eigenvalue weighted by Gasteiger charge is 2.11. The molecule has 4 nitrogen and oxygen atoms in total. The van der Waals surface area contributed by atoms with Crippen LogP contribution in [-0.2, 0) is 11.2 Å². The van der Waals surface area contributed by atoms with Crippen molar-refractivity contribution >= 4 is 5.91 Å². The Labute approximate surface area is 102 Å². The lowest BCUT2D eigenvalue weighted by Crippen LogP contribution is -2.37. The third kappa shape index (κ3) is 4.44. The first kappa shape index (κ1) is 13.5. The number of hydrogen-bond donors (Lipinski definition) is 1. The minimum absolute atomic E-state index is 0.00532. The van der Waals surface area contributed by atoms with Crippen molar-refractivity contribution in [3.8, 4) is 5.75 Å². The van der Waals surface area contributed by atoms with Crippen LogP contribution in [0, 0.1) is 0 Å². The van der Waals surface area contributed by atoms with E-state index in [-0.39, 0.29) is 11.9 Å². The van der Waals surface area contributed by atoms with E-state index in [0.29, 0.717) is 13.0 Å². The minimum Gasteiger partial charge on any atom is -0.497 e. The minimum atomic E-state index is -0.00532. The maximum absolute atomic E-state index is 11.9. The molecular formula is C13H20N2O2. The zero-order valence-electron chi connectivity index (χ0n) is 10.6. The summed E-state index contributed by atoms with van der Waals surface area (Å²) in [6.07, 6.45) is 0.375. The number of nitrogens with two attached hydrogens (primary N) is 1. The lowest BCUT2D eigenvalue weighted by Gasteiger charge is -2.19. The van der Waals surface area contributed by atoms with Crippen LogP contribution in [0.4, 0.5) is 0 Å². The number of ether oxygens (including phenoxy) is 1. The Balaban J connectivity index is 2.61. The molecule has 1 aromatic rings. The lowest BCUT2D eigenvalue weighted by atomic mass is 10.1. The maximum Gasteiger partial charge on any atom is 0.226 e. The Morgan fingerprint density at radius 1 is 1.53 bits per heavy atom. The van der Waals surface area contributed by atoms with Gasteiger partial charge in [-0.15, -0.1) is 0 Å². The summed E-state index contributed by atoms with van der Waals surface area (Å²) < 4.78 is 5.12. The molecule has 2 N–H and O–H groups in total. The van der Waals surface area contributed by atoms with Gasteiger partial charge in [0.05, 0.1) is 13.5 Å². The van der Waals surface area contributed by atoms with Gasteiger partial charge in [0.2, 0.25) is 5.91 Å². The van der Waals surface area contributed by atoms with Gasteiger partial charge < -0.3 is 15.4 Å². The van der Waals surface area contributed by atoms with Crippen molar-refractivity contribution in [2.45, 2.75) is 19.4 Å². The van der Waals surface area contributed by atoms with Crippen molar-refractivity contribution in [1.82, 2.24) is 4.90 Å². The summed E-state index contributed by atoms with van der Waals surface area (Å²) in [5.41, 5.74) is 6.61. The molecule has 1 unspecified atom stereocenters. The topological polar surface area (TPSA) is 55.6 Å². The number of amides is 1. The molecule has 1 aromatic carbocycles. The van der Waals surface area contributed by atoms with Crippen molar-refractivity contribution in [3.05, 3.63) is 29.8 Å². The molecule has 0 aliphatic heterocycles. The van der Waals surface area contributed by atoms with Crippen molar-refractivity contribution < 1.29 is 9.53 Å². The fraction of sp³-hybridized carbons (Fsp3) is 0.462. The summed E-state index contributed by atoms with van der Waals surface area (Å²) in [4.78, 5) is 13.5. The van der Waals surface area contributed by atoms with E-state index in [4.69, 9.17) is 10.5 Å². The Bertz CT molecular complexity index is 377. The standard InChI is InChI=1S/C13H20N2O2/c1-10(14)9-15(2)13(16)8-11-5-4-6-12(7-11)17-3/h4-7,10H,8-9,14H2,1-3H3. The summed E-state index contributed by atoms with van der Waals surface area (Å²) in [5.74, 6) is 0.834. The second-order valence-corrected chi connectivity index (χ2v) is 4.28. The van der Waals surface area contributed by atoms with E-state index >= 15 is 0 Å². The molecule has 1 atom stereocenters. The monoisotopic (exact) mass is 236 g/mol. The van der Waals surface area contributed by atoms with Crippen molar-refractivity contribution in [2.75, 3.05) is 20.7 Å². The average Bonchev–Trinajstić information content (AvgIpc) is 2.28. The van der Waals surface area contributed by atoms with E-state index in [0.717, 1.165) is 11.3 Å². The molecule has 0 aliphatic rings. The van der Waals surface area contributed by atoms with Gasteiger partial charge in [-0.1, -0.05) is 12.1 Å². The van der Waals surface area contributed by atoms with Crippen LogP contribution in [0.1, 0.15) is 12.5 Å². The zero-order valence-corrected chi connectivity index (χ0v) is 10.6. The molecule has 4 heteroatoms. The molecule has 0 aromatic heterocycles. The average molecular weight is 236 g/mol. The maximum atomic E-state index is 11.9. The molecule has 0 radical (unpaired) electrons. The van der Waals surface area contributed by atoms with Crippen LogP contribution in [0.15, 0.2) is 24.3 Å². The molecule has 0 saturated carbocycles. The van der Waals surface area contributed by atoms with Gasteiger partial charge in [0, 0.05) is 19.6 Å². The second-order valence-electron chi connectivity index (χ2n) is 4.28. The first-order chi connectivity index (χ1) is 8.02. The van der Waals surface area contributed by atoms with E-state index in [9.17, 15) is 4.79 Å². The summed E-state index contributed by atoms with van der Waals surface area (Å²) in [6.45, 7) is 2.46. The van der Waals surface area contributed by atoms with Gasteiger partial charge in [-0.3, -0.25) is 4.79 Å². The fourth-order valence-electron chi connectivity index (χ4n) is 1.63. The summed E-state index contributed by atoms with van der Waals surface area (Å²) >= 11 is 0. The van der Waals surface area contributed by atoms with Gasteiger partial charge in [0.15, 0.2) is 0 Å². The number of carbonyl (C=O) groups excluding carboxylic acids is 1. The normalized spacial score (nSPS) is 12.0. The highest BCUT2D eigenvalue weighted by atomic mass is 16.5. The van der Waals surface area contributed by atoms with Crippen molar-refractivity contribution in [1.29, 1.82) is 0 Å². The largest absolute Gasteiger partial charge is 0.497 e. The number of benzene rings is 1. The molecule has 0 aliphatic carbocycles. The predicted octanol–water partition coefficient (Wildman–Crippen LogP) is 1.04. The molecule has 0 fully saturated rings. The Morgan fingerprint density at radius 2 is 2.24 bits per heavy atom. The number of methoxy groups -OCH3 is 1. The van der Waals surface area contributed by atoms with Gasteiger partial charge in [-0.05, 0) is 24.6 Å². The van der Waals surface area contributed by atoms with Gasteiger partial charge >= 0.3 is 0 Å². The van der Waals surface area contributed by atoms with Gasteiger partial charge in [0.25, 0.3) is 0 Å². The summed E-state index contributed by atoms with van der Waals surface area (Å²) in [6, 6.07) is 7.53. The molecule has 0 bridgehead atoms. The van der Waals surface area contributed by atoms with E-state index in [2.05, 4.69) is 0 Å². The molecule has 1 rings (SSSR count). The van der Waals surface area contributed by atoms with Crippen LogP contribution in [-0.4, -0.2) is 37.6 Å². The van der Waals surface area contributed by atoms with Gasteiger partial charge in [0.1, 0.15) is 5.75 Å². The molecular weight excluding hydrogens is 216 g/mol. The molecule has 0 spiro atoms. The number of likely N-dealkylation sites (N-methyl/N-ethyl adjacent to an activating group) is 1. The van der Waals surface area contributed by atoms with Crippen LogP contribution in [0.5, 0.6) is 5.75 Å². The Morgan fingerprint density at radius 3 is 2.82 bits per heavy atom. The number of nitrogens with zero attached hydrogens (tertiary/aromatic N) is 1.